The van der Waals surface area contributed by atoms with E-state index in [0.29, 0.717) is 19.1 Å². The Kier molecular flexibility index (Phi) is 3.88. The standard InChI is InChI=1S/C12H17N5O/c1-9(2)13-8-12(18)14-7-11-16-15-10-5-3-4-6-17(10)11/h3-6,9,13H,7-8H2,1-2H3,(H,14,18). The number of hydrogen-bond acceptors (Lipinski definition) is 4. The molecule has 2 rings (SSSR count). The van der Waals surface area contributed by atoms with E-state index in [1.54, 1.807) is 0 Å². The molecule has 0 aromatic carbocycles. The van der Waals surface area contributed by atoms with Gasteiger partial charge in [-0.05, 0) is 12.1 Å². The summed E-state index contributed by atoms with van der Waals surface area (Å²) in [5.74, 6) is 0.680. The fourth-order valence-electron chi connectivity index (χ4n) is 1.55. The molecular weight excluding hydrogens is 230 g/mol. The second kappa shape index (κ2) is 5.59. The predicted octanol–water partition coefficient (Wildman–Crippen LogP) is 0.343. The lowest BCUT2D eigenvalue weighted by Gasteiger charge is -2.08. The van der Waals surface area contributed by atoms with Crippen molar-refractivity contribution in [3.8, 4) is 0 Å². The van der Waals surface area contributed by atoms with Gasteiger partial charge < -0.3 is 10.6 Å². The number of carbonyl (C=O) groups is 1. The molecule has 0 saturated carbocycles. The van der Waals surface area contributed by atoms with Crippen LogP contribution in [0.4, 0.5) is 0 Å². The third kappa shape index (κ3) is 3.04. The Hall–Kier alpha value is -1.95. The quantitative estimate of drug-likeness (QED) is 0.799. The molecule has 0 aliphatic heterocycles. The van der Waals surface area contributed by atoms with Crippen molar-refractivity contribution in [2.45, 2.75) is 26.4 Å². The number of hydrogen-bond donors (Lipinski definition) is 2. The molecule has 0 aliphatic rings. The highest BCUT2D eigenvalue weighted by Crippen LogP contribution is 2.01. The van der Waals surface area contributed by atoms with Crippen molar-refractivity contribution >= 4 is 11.6 Å². The largest absolute Gasteiger partial charge is 0.348 e. The molecule has 2 aromatic rings. The summed E-state index contributed by atoms with van der Waals surface area (Å²) in [5, 5.41) is 13.9. The van der Waals surface area contributed by atoms with Gasteiger partial charge in [-0.25, -0.2) is 0 Å². The Bertz CT molecular complexity index is 534. The maximum absolute atomic E-state index is 11.5. The van der Waals surface area contributed by atoms with Gasteiger partial charge in [0.25, 0.3) is 0 Å². The van der Waals surface area contributed by atoms with Crippen LogP contribution in [0.5, 0.6) is 0 Å². The highest BCUT2D eigenvalue weighted by atomic mass is 16.1. The summed E-state index contributed by atoms with van der Waals surface area (Å²) in [4.78, 5) is 11.5. The summed E-state index contributed by atoms with van der Waals surface area (Å²) >= 11 is 0. The molecular formula is C12H17N5O. The third-order valence-electron chi connectivity index (χ3n) is 2.50. The van der Waals surface area contributed by atoms with Crippen LogP contribution in [0.1, 0.15) is 19.7 Å². The van der Waals surface area contributed by atoms with Crippen LogP contribution in [0.25, 0.3) is 5.65 Å². The number of aromatic nitrogens is 3. The van der Waals surface area contributed by atoms with E-state index < -0.39 is 0 Å². The van der Waals surface area contributed by atoms with Crippen molar-refractivity contribution in [3.63, 3.8) is 0 Å². The van der Waals surface area contributed by atoms with Gasteiger partial charge in [0.05, 0.1) is 13.1 Å². The highest BCUT2D eigenvalue weighted by Gasteiger charge is 2.06. The molecule has 0 unspecified atom stereocenters. The minimum atomic E-state index is -0.0450. The molecule has 0 saturated heterocycles. The van der Waals surface area contributed by atoms with Crippen LogP contribution in [0, 0.1) is 0 Å². The minimum absolute atomic E-state index is 0.0450. The number of amides is 1. The first kappa shape index (κ1) is 12.5. The van der Waals surface area contributed by atoms with Gasteiger partial charge >= 0.3 is 0 Å². The van der Waals surface area contributed by atoms with Crippen molar-refractivity contribution < 1.29 is 4.79 Å². The van der Waals surface area contributed by atoms with Gasteiger partial charge in [0.15, 0.2) is 11.5 Å². The van der Waals surface area contributed by atoms with Crippen LogP contribution in [0.3, 0.4) is 0 Å². The van der Waals surface area contributed by atoms with Gasteiger partial charge in [0, 0.05) is 12.2 Å². The van der Waals surface area contributed by atoms with E-state index in [1.165, 1.54) is 0 Å². The number of rotatable bonds is 5. The van der Waals surface area contributed by atoms with Crippen molar-refractivity contribution in [2.24, 2.45) is 0 Å². The molecule has 0 fully saturated rings. The van der Waals surface area contributed by atoms with Crippen LogP contribution < -0.4 is 10.6 Å². The first-order valence-corrected chi connectivity index (χ1v) is 5.95. The second-order valence-corrected chi connectivity index (χ2v) is 4.36. The van der Waals surface area contributed by atoms with Gasteiger partial charge in [-0.3, -0.25) is 9.20 Å². The lowest BCUT2D eigenvalue weighted by atomic mass is 10.4. The fourth-order valence-corrected chi connectivity index (χ4v) is 1.55. The maximum Gasteiger partial charge on any atom is 0.234 e. The summed E-state index contributed by atoms with van der Waals surface area (Å²) in [6, 6.07) is 5.98. The summed E-state index contributed by atoms with van der Waals surface area (Å²) in [5.41, 5.74) is 0.780. The third-order valence-corrected chi connectivity index (χ3v) is 2.50. The molecule has 6 nitrogen and oxygen atoms in total. The van der Waals surface area contributed by atoms with E-state index in [-0.39, 0.29) is 5.91 Å². The molecule has 2 heterocycles. The fraction of sp³-hybridized carbons (Fsp3) is 0.417. The molecule has 0 atom stereocenters. The van der Waals surface area contributed by atoms with Crippen LogP contribution in [-0.2, 0) is 11.3 Å². The SMILES string of the molecule is CC(C)NCC(=O)NCc1nnc2ccccn12. The average molecular weight is 247 g/mol. The van der Waals surface area contributed by atoms with Gasteiger partial charge in [-0.15, -0.1) is 10.2 Å². The summed E-state index contributed by atoms with van der Waals surface area (Å²) in [6.45, 7) is 4.69. The molecule has 2 N–H and O–H groups in total. The van der Waals surface area contributed by atoms with E-state index >= 15 is 0 Å². The predicted molar refractivity (Wildman–Crippen MR) is 68.0 cm³/mol. The molecule has 18 heavy (non-hydrogen) atoms. The van der Waals surface area contributed by atoms with Crippen molar-refractivity contribution in [2.75, 3.05) is 6.54 Å². The van der Waals surface area contributed by atoms with E-state index in [4.69, 9.17) is 0 Å². The Labute approximate surface area is 105 Å². The number of fused-ring (bicyclic) bond motifs is 1. The first-order chi connectivity index (χ1) is 8.66. The molecule has 96 valence electrons. The zero-order valence-corrected chi connectivity index (χ0v) is 10.6. The minimum Gasteiger partial charge on any atom is -0.348 e. The molecule has 0 aliphatic carbocycles. The van der Waals surface area contributed by atoms with Crippen LogP contribution in [-0.4, -0.2) is 33.1 Å². The molecule has 2 aromatic heterocycles. The Morgan fingerprint density at radius 3 is 3.00 bits per heavy atom. The second-order valence-electron chi connectivity index (χ2n) is 4.36. The van der Waals surface area contributed by atoms with Crippen molar-refractivity contribution in [1.29, 1.82) is 0 Å². The van der Waals surface area contributed by atoms with E-state index in [0.717, 1.165) is 11.5 Å². The van der Waals surface area contributed by atoms with Crippen LogP contribution in [0.15, 0.2) is 24.4 Å². The summed E-state index contributed by atoms with van der Waals surface area (Å²) in [7, 11) is 0. The van der Waals surface area contributed by atoms with E-state index in [1.807, 2.05) is 42.6 Å². The van der Waals surface area contributed by atoms with Crippen molar-refractivity contribution in [3.05, 3.63) is 30.2 Å². The number of nitrogens with zero attached hydrogens (tertiary/aromatic N) is 3. The number of pyridine rings is 1. The topological polar surface area (TPSA) is 71.3 Å². The smallest absolute Gasteiger partial charge is 0.234 e. The first-order valence-electron chi connectivity index (χ1n) is 5.95. The monoisotopic (exact) mass is 247 g/mol. The van der Waals surface area contributed by atoms with E-state index in [2.05, 4.69) is 20.8 Å². The van der Waals surface area contributed by atoms with Gasteiger partial charge in [-0.2, -0.15) is 0 Å². The Morgan fingerprint density at radius 1 is 1.39 bits per heavy atom. The van der Waals surface area contributed by atoms with Crippen molar-refractivity contribution in [1.82, 2.24) is 25.2 Å². The summed E-state index contributed by atoms with van der Waals surface area (Å²) < 4.78 is 1.86. The zero-order chi connectivity index (χ0) is 13.0. The Balaban J connectivity index is 1.92. The van der Waals surface area contributed by atoms with Gasteiger partial charge in [0.1, 0.15) is 0 Å². The zero-order valence-electron chi connectivity index (χ0n) is 10.6. The lowest BCUT2D eigenvalue weighted by molar-refractivity contribution is -0.120. The lowest BCUT2D eigenvalue weighted by Crippen LogP contribution is -2.36. The normalized spacial score (nSPS) is 11.1. The molecule has 0 spiro atoms. The van der Waals surface area contributed by atoms with Gasteiger partial charge in [0.2, 0.25) is 5.91 Å². The molecule has 0 bridgehead atoms. The number of carbonyl (C=O) groups excluding carboxylic acids is 1. The van der Waals surface area contributed by atoms with Crippen LogP contribution >= 0.6 is 0 Å². The molecule has 1 amide bonds. The highest BCUT2D eigenvalue weighted by molar-refractivity contribution is 5.77. The summed E-state index contributed by atoms with van der Waals surface area (Å²) in [6.07, 6.45) is 1.88. The van der Waals surface area contributed by atoms with E-state index in [9.17, 15) is 4.79 Å². The molecule has 6 heteroatoms. The van der Waals surface area contributed by atoms with Crippen LogP contribution in [0.2, 0.25) is 0 Å². The number of nitrogens with one attached hydrogen (secondary N) is 2. The Morgan fingerprint density at radius 2 is 2.22 bits per heavy atom. The maximum atomic E-state index is 11.5. The molecule has 0 radical (unpaired) electrons. The van der Waals surface area contributed by atoms with Gasteiger partial charge in [-0.1, -0.05) is 19.9 Å². The average Bonchev–Trinajstić information content (AvgIpc) is 2.77.